The lowest BCUT2D eigenvalue weighted by Crippen LogP contribution is -2.26. The summed E-state index contributed by atoms with van der Waals surface area (Å²) in [4.78, 5) is 22.3. The largest absolute Gasteiger partial charge is 0.473 e. The quantitative estimate of drug-likeness (QED) is 0.218. The third kappa shape index (κ3) is 20.0. The maximum atomic E-state index is 9.10. The number of carboxylic acid groups (broad SMARTS) is 2. The molecule has 0 aliphatic carbocycles. The Kier molecular flexibility index (Phi) is 20.9. The van der Waals surface area contributed by atoms with E-state index in [1.165, 1.54) is 70.6 Å². The second-order valence-electron chi connectivity index (χ2n) is 7.97. The Morgan fingerprint density at radius 2 is 1.38 bits per heavy atom. The third-order valence-corrected chi connectivity index (χ3v) is 4.95. The van der Waals surface area contributed by atoms with Crippen LogP contribution in [0.25, 0.3) is 0 Å². The van der Waals surface area contributed by atoms with Crippen LogP contribution in [0.1, 0.15) is 90.9 Å². The zero-order chi connectivity index (χ0) is 23.9. The molecule has 1 unspecified atom stereocenters. The van der Waals surface area contributed by atoms with Gasteiger partial charge in [0.2, 0.25) is 0 Å². The van der Waals surface area contributed by atoms with Crippen molar-refractivity contribution in [2.45, 2.75) is 104 Å². The normalized spacial score (nSPS) is 11.6. The summed E-state index contributed by atoms with van der Waals surface area (Å²) in [5.41, 5.74) is 0. The molecule has 0 aromatic carbocycles. The van der Waals surface area contributed by atoms with Gasteiger partial charge in [-0.2, -0.15) is 0 Å². The lowest BCUT2D eigenvalue weighted by Gasteiger charge is -2.19. The van der Waals surface area contributed by atoms with Gasteiger partial charge in [-0.25, -0.2) is 14.6 Å². The molecule has 0 radical (unpaired) electrons. The Labute approximate surface area is 193 Å². The van der Waals surface area contributed by atoms with Gasteiger partial charge in [0.25, 0.3) is 0 Å². The van der Waals surface area contributed by atoms with Crippen molar-refractivity contribution < 1.29 is 29.3 Å². The highest BCUT2D eigenvalue weighted by molar-refractivity contribution is 6.27. The van der Waals surface area contributed by atoms with Gasteiger partial charge in [0.15, 0.2) is 0 Å². The Morgan fingerprint density at radius 1 is 0.844 bits per heavy atom. The number of aliphatic carboxylic acids is 2. The zero-order valence-electron chi connectivity index (χ0n) is 20.0. The third-order valence-electron chi connectivity index (χ3n) is 4.95. The lowest BCUT2D eigenvalue weighted by molar-refractivity contribution is -0.159. The summed E-state index contributed by atoms with van der Waals surface area (Å²) in [7, 11) is 0. The first kappa shape index (κ1) is 30.1. The number of carboxylic acids is 2. The SMILES string of the molecule is CCCCCCCCOCC(Cn1ccnc1)OCCCCCCCC.O=C(O)C(=O)O. The molecular formula is C24H44N2O6. The highest BCUT2D eigenvalue weighted by atomic mass is 16.5. The van der Waals surface area contributed by atoms with Crippen molar-refractivity contribution in [2.75, 3.05) is 19.8 Å². The van der Waals surface area contributed by atoms with E-state index in [-0.39, 0.29) is 6.10 Å². The van der Waals surface area contributed by atoms with Crippen LogP contribution in [0.15, 0.2) is 18.7 Å². The van der Waals surface area contributed by atoms with E-state index in [9.17, 15) is 0 Å². The first-order valence-corrected chi connectivity index (χ1v) is 12.1. The van der Waals surface area contributed by atoms with Gasteiger partial charge < -0.3 is 24.3 Å². The maximum Gasteiger partial charge on any atom is 0.414 e. The van der Waals surface area contributed by atoms with Gasteiger partial charge in [-0.3, -0.25) is 0 Å². The fraction of sp³-hybridized carbons (Fsp3) is 0.792. The van der Waals surface area contributed by atoms with Gasteiger partial charge in [-0.1, -0.05) is 78.1 Å². The predicted octanol–water partition coefficient (Wildman–Crippen LogP) is 5.16. The van der Waals surface area contributed by atoms with E-state index >= 15 is 0 Å². The number of unbranched alkanes of at least 4 members (excludes halogenated alkanes) is 10. The topological polar surface area (TPSA) is 111 Å². The van der Waals surface area contributed by atoms with Crippen LogP contribution in [0.3, 0.4) is 0 Å². The molecule has 0 saturated heterocycles. The van der Waals surface area contributed by atoms with E-state index in [1.54, 1.807) is 0 Å². The van der Waals surface area contributed by atoms with Crippen LogP contribution in [0.2, 0.25) is 0 Å². The Bertz CT molecular complexity index is 539. The molecule has 1 atom stereocenters. The summed E-state index contributed by atoms with van der Waals surface area (Å²) in [6.07, 6.45) is 21.4. The van der Waals surface area contributed by atoms with E-state index in [0.29, 0.717) is 6.61 Å². The molecule has 0 spiro atoms. The van der Waals surface area contributed by atoms with Crippen molar-refractivity contribution in [3.8, 4) is 0 Å². The van der Waals surface area contributed by atoms with Crippen LogP contribution in [-0.4, -0.2) is 57.6 Å². The second-order valence-corrected chi connectivity index (χ2v) is 7.97. The molecule has 0 fully saturated rings. The van der Waals surface area contributed by atoms with Gasteiger partial charge in [-0.05, 0) is 12.8 Å². The van der Waals surface area contributed by atoms with E-state index in [2.05, 4.69) is 23.4 Å². The minimum Gasteiger partial charge on any atom is -0.473 e. The van der Waals surface area contributed by atoms with Crippen LogP contribution >= 0.6 is 0 Å². The highest BCUT2D eigenvalue weighted by Crippen LogP contribution is 2.08. The summed E-state index contributed by atoms with van der Waals surface area (Å²) in [5.74, 6) is -3.65. The molecule has 0 bridgehead atoms. The molecule has 32 heavy (non-hydrogen) atoms. The molecule has 1 heterocycles. The van der Waals surface area contributed by atoms with E-state index in [1.807, 2.05) is 18.7 Å². The molecular weight excluding hydrogens is 412 g/mol. The predicted molar refractivity (Wildman–Crippen MR) is 125 cm³/mol. The zero-order valence-corrected chi connectivity index (χ0v) is 20.0. The molecule has 0 amide bonds. The Balaban J connectivity index is 0.00000140. The lowest BCUT2D eigenvalue weighted by atomic mass is 10.1. The molecule has 0 saturated carbocycles. The van der Waals surface area contributed by atoms with Crippen molar-refractivity contribution in [1.29, 1.82) is 0 Å². The minimum atomic E-state index is -1.82. The number of carbonyl (C=O) groups is 2. The van der Waals surface area contributed by atoms with Crippen molar-refractivity contribution in [3.63, 3.8) is 0 Å². The monoisotopic (exact) mass is 456 g/mol. The molecule has 8 nitrogen and oxygen atoms in total. The van der Waals surface area contributed by atoms with Gasteiger partial charge in [0, 0.05) is 25.6 Å². The Morgan fingerprint density at radius 3 is 1.88 bits per heavy atom. The maximum absolute atomic E-state index is 9.10. The summed E-state index contributed by atoms with van der Waals surface area (Å²) in [6.45, 7) is 7.72. The van der Waals surface area contributed by atoms with Crippen LogP contribution in [0.4, 0.5) is 0 Å². The molecule has 1 aromatic rings. The van der Waals surface area contributed by atoms with Crippen LogP contribution in [-0.2, 0) is 25.6 Å². The Hall–Kier alpha value is -1.93. The smallest absolute Gasteiger partial charge is 0.414 e. The first-order valence-electron chi connectivity index (χ1n) is 12.1. The highest BCUT2D eigenvalue weighted by Gasteiger charge is 2.10. The van der Waals surface area contributed by atoms with Gasteiger partial charge in [-0.15, -0.1) is 0 Å². The number of rotatable bonds is 19. The fourth-order valence-corrected chi connectivity index (χ4v) is 3.12. The van der Waals surface area contributed by atoms with Crippen LogP contribution in [0, 0.1) is 0 Å². The molecule has 2 N–H and O–H groups in total. The number of nitrogens with zero attached hydrogens (tertiary/aromatic N) is 2. The van der Waals surface area contributed by atoms with Crippen molar-refractivity contribution >= 4 is 11.9 Å². The fourth-order valence-electron chi connectivity index (χ4n) is 3.12. The summed E-state index contributed by atoms with van der Waals surface area (Å²) in [6, 6.07) is 0. The number of imidazole rings is 1. The van der Waals surface area contributed by atoms with Crippen LogP contribution < -0.4 is 0 Å². The molecule has 0 aliphatic heterocycles. The summed E-state index contributed by atoms with van der Waals surface area (Å²) in [5, 5.41) is 14.8. The minimum absolute atomic E-state index is 0.125. The van der Waals surface area contributed by atoms with Crippen molar-refractivity contribution in [3.05, 3.63) is 18.7 Å². The van der Waals surface area contributed by atoms with Gasteiger partial charge in [0.05, 0.1) is 25.6 Å². The first-order chi connectivity index (χ1) is 15.5. The average molecular weight is 457 g/mol. The summed E-state index contributed by atoms with van der Waals surface area (Å²) < 4.78 is 14.1. The molecule has 1 rings (SSSR count). The number of ether oxygens (including phenoxy) is 2. The van der Waals surface area contributed by atoms with Crippen LogP contribution in [0.5, 0.6) is 0 Å². The van der Waals surface area contributed by atoms with E-state index in [4.69, 9.17) is 29.3 Å². The molecule has 186 valence electrons. The van der Waals surface area contributed by atoms with Gasteiger partial charge in [0.1, 0.15) is 0 Å². The number of hydrogen-bond acceptors (Lipinski definition) is 5. The van der Waals surface area contributed by atoms with E-state index < -0.39 is 11.9 Å². The molecule has 8 heteroatoms. The number of hydrogen-bond donors (Lipinski definition) is 2. The molecule has 1 aromatic heterocycles. The number of aromatic nitrogens is 2. The summed E-state index contributed by atoms with van der Waals surface area (Å²) >= 11 is 0. The van der Waals surface area contributed by atoms with Crippen molar-refractivity contribution in [1.82, 2.24) is 9.55 Å². The van der Waals surface area contributed by atoms with Gasteiger partial charge >= 0.3 is 11.9 Å². The second kappa shape index (κ2) is 22.3. The van der Waals surface area contributed by atoms with Crippen molar-refractivity contribution in [2.24, 2.45) is 0 Å². The standard InChI is InChI=1S/C22H42N2O2.C2H2O4/c1-3-5-7-9-11-13-17-25-20-22(19-24-16-15-23-21-24)26-18-14-12-10-8-6-4-2;3-1(4)2(5)6/h15-16,21-22H,3-14,17-20H2,1-2H3;(H,3,4)(H,5,6). The molecule has 0 aliphatic rings. The average Bonchev–Trinajstić information content (AvgIpc) is 3.28. The van der Waals surface area contributed by atoms with E-state index in [0.717, 1.165) is 26.2 Å².